The summed E-state index contributed by atoms with van der Waals surface area (Å²) in [5.74, 6) is 1.07. The first-order chi connectivity index (χ1) is 20.0. The summed E-state index contributed by atoms with van der Waals surface area (Å²) in [6.45, 7) is 2.23. The van der Waals surface area contributed by atoms with Gasteiger partial charge in [0.15, 0.2) is 0 Å². The lowest BCUT2D eigenvalue weighted by molar-refractivity contribution is 0.0602. The van der Waals surface area contributed by atoms with Crippen LogP contribution in [0.3, 0.4) is 0 Å². The van der Waals surface area contributed by atoms with Crippen LogP contribution in [0, 0.1) is 6.92 Å². The van der Waals surface area contributed by atoms with Gasteiger partial charge in [0.2, 0.25) is 0 Å². The van der Waals surface area contributed by atoms with Gasteiger partial charge in [-0.25, -0.2) is 14.3 Å². The Kier molecular flexibility index (Phi) is 6.76. The summed E-state index contributed by atoms with van der Waals surface area (Å²) in [6, 6.07) is 27.6. The quantitative estimate of drug-likeness (QED) is 0.277. The summed E-state index contributed by atoms with van der Waals surface area (Å²) in [5, 5.41) is 7.87. The summed E-state index contributed by atoms with van der Waals surface area (Å²) in [4.78, 5) is 28.5. The fraction of sp³-hybridized carbons (Fsp3) is 0.156. The van der Waals surface area contributed by atoms with E-state index >= 15 is 0 Å². The largest absolute Gasteiger partial charge is 0.497 e. The number of methoxy groups -OCH3 is 2. The third-order valence-corrected chi connectivity index (χ3v) is 7.35. The lowest BCUT2D eigenvalue weighted by atomic mass is 10.0. The number of carbonyl (C=O) groups is 2. The molecule has 1 aliphatic heterocycles. The van der Waals surface area contributed by atoms with Crippen molar-refractivity contribution in [2.24, 2.45) is 0 Å². The number of aromatic nitrogens is 3. The number of rotatable bonds is 5. The molecule has 206 valence electrons. The maximum absolute atomic E-state index is 14.2. The Labute approximate surface area is 237 Å². The fourth-order valence-electron chi connectivity index (χ4n) is 5.35. The van der Waals surface area contributed by atoms with Gasteiger partial charge in [0.1, 0.15) is 11.6 Å². The van der Waals surface area contributed by atoms with Gasteiger partial charge in [-0.3, -0.25) is 0 Å². The van der Waals surface area contributed by atoms with Crippen molar-refractivity contribution in [3.8, 4) is 17.3 Å². The molecular weight excluding hydrogens is 518 g/mol. The molecule has 0 saturated heterocycles. The number of nitrogens with zero attached hydrogens (tertiary/aromatic N) is 4. The maximum atomic E-state index is 14.2. The van der Waals surface area contributed by atoms with Crippen molar-refractivity contribution in [1.29, 1.82) is 0 Å². The molecule has 0 radical (unpaired) electrons. The molecule has 2 aromatic heterocycles. The number of amides is 2. The van der Waals surface area contributed by atoms with Gasteiger partial charge in [-0.15, -0.1) is 0 Å². The molecule has 0 bridgehead atoms. The van der Waals surface area contributed by atoms with E-state index in [9.17, 15) is 9.59 Å². The van der Waals surface area contributed by atoms with Crippen LogP contribution in [-0.2, 0) is 11.3 Å². The molecule has 0 spiro atoms. The summed E-state index contributed by atoms with van der Waals surface area (Å²) in [5.41, 5.74) is 5.09. The predicted octanol–water partition coefficient (Wildman–Crippen LogP) is 5.90. The summed E-state index contributed by atoms with van der Waals surface area (Å²) < 4.78 is 14.4. The van der Waals surface area contributed by atoms with Crippen molar-refractivity contribution < 1.29 is 19.1 Å². The number of aryl methyl sites for hydroxylation is 1. The van der Waals surface area contributed by atoms with Gasteiger partial charge in [-0.2, -0.15) is 5.10 Å². The Morgan fingerprint density at radius 2 is 1.63 bits per heavy atom. The van der Waals surface area contributed by atoms with Crippen LogP contribution in [0.25, 0.3) is 11.5 Å². The molecular formula is C32H29N5O4. The van der Waals surface area contributed by atoms with E-state index in [1.807, 2.05) is 84.5 Å². The number of hydrogen-bond acceptors (Lipinski definition) is 5. The number of esters is 1. The van der Waals surface area contributed by atoms with Crippen molar-refractivity contribution in [3.05, 3.63) is 125 Å². The SMILES string of the molecule is COC(=O)c1ccccc1NC(=O)N1Cc2c(C)nn(-c3ccccc3)c2-n2cccc2[C@@H]1c1ccc(OC)cc1. The number of hydrogen-bond donors (Lipinski definition) is 1. The molecule has 3 aromatic carbocycles. The molecule has 5 aromatic rings. The number of carbonyl (C=O) groups excluding carboxylic acids is 2. The number of anilines is 1. The second-order valence-electron chi connectivity index (χ2n) is 9.71. The zero-order valence-electron chi connectivity index (χ0n) is 22.9. The Morgan fingerprint density at radius 1 is 0.902 bits per heavy atom. The van der Waals surface area contributed by atoms with Crippen molar-refractivity contribution in [1.82, 2.24) is 19.2 Å². The molecule has 3 heterocycles. The first kappa shape index (κ1) is 25.9. The molecule has 0 aliphatic carbocycles. The predicted molar refractivity (Wildman–Crippen MR) is 155 cm³/mol. The first-order valence-corrected chi connectivity index (χ1v) is 13.2. The van der Waals surface area contributed by atoms with Crippen LogP contribution in [0.2, 0.25) is 0 Å². The Morgan fingerprint density at radius 3 is 2.37 bits per heavy atom. The molecule has 1 N–H and O–H groups in total. The molecule has 2 amide bonds. The minimum atomic E-state index is -0.528. The minimum absolute atomic E-state index is 0.274. The first-order valence-electron chi connectivity index (χ1n) is 13.2. The van der Waals surface area contributed by atoms with Gasteiger partial charge in [-0.05, 0) is 61.0 Å². The van der Waals surface area contributed by atoms with E-state index in [1.54, 1.807) is 36.3 Å². The average Bonchev–Trinajstić information content (AvgIpc) is 3.57. The van der Waals surface area contributed by atoms with E-state index in [4.69, 9.17) is 14.6 Å². The van der Waals surface area contributed by atoms with Gasteiger partial charge >= 0.3 is 12.0 Å². The van der Waals surface area contributed by atoms with Crippen molar-refractivity contribution in [3.63, 3.8) is 0 Å². The second-order valence-corrected chi connectivity index (χ2v) is 9.71. The van der Waals surface area contributed by atoms with Gasteiger partial charge in [0, 0.05) is 11.8 Å². The highest BCUT2D eigenvalue weighted by Crippen LogP contribution is 2.39. The third kappa shape index (κ3) is 4.61. The van der Waals surface area contributed by atoms with Crippen molar-refractivity contribution in [2.45, 2.75) is 19.5 Å². The van der Waals surface area contributed by atoms with E-state index in [2.05, 4.69) is 9.88 Å². The molecule has 9 nitrogen and oxygen atoms in total. The summed E-state index contributed by atoms with van der Waals surface area (Å²) >= 11 is 0. The second kappa shape index (κ2) is 10.7. The molecule has 0 unspecified atom stereocenters. The van der Waals surface area contributed by atoms with Gasteiger partial charge in [-0.1, -0.05) is 42.5 Å². The highest BCUT2D eigenvalue weighted by molar-refractivity contribution is 6.01. The molecule has 9 heteroatoms. The number of ether oxygens (including phenoxy) is 2. The number of fused-ring (bicyclic) bond motifs is 3. The smallest absolute Gasteiger partial charge is 0.339 e. The van der Waals surface area contributed by atoms with Crippen LogP contribution in [-0.4, -0.2) is 45.5 Å². The lowest BCUT2D eigenvalue weighted by Gasteiger charge is -2.31. The van der Waals surface area contributed by atoms with Crippen LogP contribution in [0.5, 0.6) is 5.75 Å². The van der Waals surface area contributed by atoms with Crippen molar-refractivity contribution in [2.75, 3.05) is 19.5 Å². The molecule has 1 aliphatic rings. The molecule has 41 heavy (non-hydrogen) atoms. The van der Waals surface area contributed by atoms with E-state index in [0.717, 1.165) is 39.8 Å². The maximum Gasteiger partial charge on any atom is 0.339 e. The molecule has 0 fully saturated rings. The third-order valence-electron chi connectivity index (χ3n) is 7.35. The zero-order valence-corrected chi connectivity index (χ0v) is 22.9. The Balaban J connectivity index is 1.52. The van der Waals surface area contributed by atoms with Gasteiger partial charge in [0.05, 0.1) is 55.1 Å². The van der Waals surface area contributed by atoms with Crippen LogP contribution in [0.4, 0.5) is 10.5 Å². The standard InChI is InChI=1S/C32H29N5O4/c1-21-26-20-36(32(39)33-27-13-8-7-12-25(27)31(38)41-3)29(22-15-17-24(40-2)18-16-22)28-14-9-19-35(28)30(26)37(34-21)23-10-5-4-6-11-23/h4-19,29H,20H2,1-3H3,(H,33,39)/t29-/m0/s1. The van der Waals surface area contributed by atoms with E-state index in [-0.39, 0.29) is 18.1 Å². The number of nitrogens with one attached hydrogen (secondary N) is 1. The highest BCUT2D eigenvalue weighted by Gasteiger charge is 2.36. The molecule has 0 saturated carbocycles. The average molecular weight is 548 g/mol. The monoisotopic (exact) mass is 547 g/mol. The van der Waals surface area contributed by atoms with Crippen LogP contribution < -0.4 is 10.1 Å². The van der Waals surface area contributed by atoms with Gasteiger partial charge in [0.25, 0.3) is 0 Å². The Hall–Kier alpha value is -5.31. The summed E-state index contributed by atoms with van der Waals surface area (Å²) in [6.07, 6.45) is 2.00. The normalized spacial score (nSPS) is 14.0. The number of urea groups is 1. The highest BCUT2D eigenvalue weighted by atomic mass is 16.5. The van der Waals surface area contributed by atoms with E-state index in [1.165, 1.54) is 7.11 Å². The van der Waals surface area contributed by atoms with E-state index in [0.29, 0.717) is 5.69 Å². The van der Waals surface area contributed by atoms with Gasteiger partial charge < -0.3 is 24.3 Å². The zero-order chi connectivity index (χ0) is 28.5. The van der Waals surface area contributed by atoms with E-state index < -0.39 is 12.0 Å². The minimum Gasteiger partial charge on any atom is -0.497 e. The molecule has 1 atom stereocenters. The fourth-order valence-corrected chi connectivity index (χ4v) is 5.35. The Bertz CT molecular complexity index is 1720. The number of para-hydroxylation sites is 2. The van der Waals surface area contributed by atoms with Crippen LogP contribution in [0.15, 0.2) is 97.2 Å². The number of benzene rings is 3. The van der Waals surface area contributed by atoms with Crippen molar-refractivity contribution >= 4 is 17.7 Å². The van der Waals surface area contributed by atoms with Crippen LogP contribution >= 0.6 is 0 Å². The molecule has 6 rings (SSSR count). The summed E-state index contributed by atoms with van der Waals surface area (Å²) in [7, 11) is 2.94. The topological polar surface area (TPSA) is 90.6 Å². The van der Waals surface area contributed by atoms with Crippen LogP contribution in [0.1, 0.15) is 38.9 Å². The lowest BCUT2D eigenvalue weighted by Crippen LogP contribution is -2.38.